The lowest BCUT2D eigenvalue weighted by Gasteiger charge is -2.09. The van der Waals surface area contributed by atoms with Crippen molar-refractivity contribution in [1.82, 2.24) is 14.1 Å². The standard InChI is InChI=1S/C21H18N4O/c1-14-8-10-18(17(12-14)22-21(26)16-6-4-3-5-7-16)23-24-19-11-9-15(2)13-20(19)25(23)24/h3-13H,1-2H3,(H,22,26). The molecule has 0 unspecified atom stereocenters. The molecule has 26 heavy (non-hydrogen) atoms. The molecule has 0 bridgehead atoms. The molecule has 0 aliphatic rings. The van der Waals surface area contributed by atoms with Crippen LogP contribution in [0.25, 0.3) is 16.7 Å². The highest BCUT2D eigenvalue weighted by Crippen LogP contribution is 2.31. The average molecular weight is 342 g/mol. The van der Waals surface area contributed by atoms with Crippen LogP contribution in [0.3, 0.4) is 0 Å². The van der Waals surface area contributed by atoms with Gasteiger partial charge in [0.1, 0.15) is 16.7 Å². The number of hydrogen-bond acceptors (Lipinski definition) is 1. The Bertz CT molecular complexity index is 1240. The van der Waals surface area contributed by atoms with Gasteiger partial charge in [0.05, 0.1) is 5.69 Å². The van der Waals surface area contributed by atoms with Crippen LogP contribution in [0.15, 0.2) is 66.7 Å². The van der Waals surface area contributed by atoms with E-state index in [-0.39, 0.29) is 5.91 Å². The third kappa shape index (κ3) is 2.14. The van der Waals surface area contributed by atoms with E-state index in [0.29, 0.717) is 5.56 Å². The number of benzene rings is 3. The van der Waals surface area contributed by atoms with E-state index in [1.54, 1.807) is 0 Å². The molecule has 5 nitrogen and oxygen atoms in total. The van der Waals surface area contributed by atoms with Gasteiger partial charge in [-0.05, 0) is 61.4 Å². The first-order chi connectivity index (χ1) is 12.6. The fourth-order valence-electron chi connectivity index (χ4n) is 3.37. The van der Waals surface area contributed by atoms with Crippen LogP contribution in [0.2, 0.25) is 0 Å². The molecule has 0 fully saturated rings. The van der Waals surface area contributed by atoms with Crippen molar-refractivity contribution < 1.29 is 4.79 Å². The molecule has 2 heterocycles. The highest BCUT2D eigenvalue weighted by molar-refractivity contribution is 6.05. The van der Waals surface area contributed by atoms with Gasteiger partial charge in [-0.1, -0.05) is 30.3 Å². The number of aryl methyl sites for hydroxylation is 2. The SMILES string of the molecule is Cc1ccc(-n2n3c4ccc(C)cc4n23)c(NC(=O)c2ccccc2)c1. The molecule has 0 saturated heterocycles. The van der Waals surface area contributed by atoms with Crippen molar-refractivity contribution in [2.75, 3.05) is 5.32 Å². The summed E-state index contributed by atoms with van der Waals surface area (Å²) in [5.74, 6) is -0.106. The summed E-state index contributed by atoms with van der Waals surface area (Å²) >= 11 is 0. The molecule has 0 saturated carbocycles. The zero-order chi connectivity index (χ0) is 17.8. The van der Waals surface area contributed by atoms with E-state index in [4.69, 9.17) is 0 Å². The minimum Gasteiger partial charge on any atom is -0.320 e. The molecule has 5 heteroatoms. The van der Waals surface area contributed by atoms with Crippen LogP contribution in [0.5, 0.6) is 0 Å². The summed E-state index contributed by atoms with van der Waals surface area (Å²) in [6.45, 7) is 4.12. The summed E-state index contributed by atoms with van der Waals surface area (Å²) < 4.78 is 4.20. The Kier molecular flexibility index (Phi) is 3.00. The maximum absolute atomic E-state index is 12.6. The van der Waals surface area contributed by atoms with Gasteiger partial charge in [0, 0.05) is 5.56 Å². The number of nitrogens with zero attached hydrogens (tertiary/aromatic N) is 3. The Labute approximate surface area is 150 Å². The molecule has 5 aromatic rings. The molecule has 1 amide bonds. The van der Waals surface area contributed by atoms with Crippen molar-refractivity contribution in [3.8, 4) is 5.69 Å². The third-order valence-electron chi connectivity index (χ3n) is 4.72. The van der Waals surface area contributed by atoms with Crippen molar-refractivity contribution in [2.45, 2.75) is 13.8 Å². The Balaban J connectivity index is 1.57. The Hall–Kier alpha value is -3.47. The molecule has 0 atom stereocenters. The van der Waals surface area contributed by atoms with Crippen molar-refractivity contribution in [3.05, 3.63) is 83.4 Å². The smallest absolute Gasteiger partial charge is 0.255 e. The largest absolute Gasteiger partial charge is 0.320 e. The topological polar surface area (TPSA) is 42.9 Å². The molecule has 0 aliphatic carbocycles. The van der Waals surface area contributed by atoms with E-state index in [9.17, 15) is 4.79 Å². The third-order valence-corrected chi connectivity index (χ3v) is 4.72. The lowest BCUT2D eigenvalue weighted by molar-refractivity contribution is 0.102. The molecule has 5 rings (SSSR count). The van der Waals surface area contributed by atoms with Crippen LogP contribution >= 0.6 is 0 Å². The van der Waals surface area contributed by atoms with E-state index in [1.807, 2.05) is 49.4 Å². The van der Waals surface area contributed by atoms with Gasteiger partial charge in [-0.2, -0.15) is 0 Å². The zero-order valence-corrected chi connectivity index (χ0v) is 14.6. The van der Waals surface area contributed by atoms with Crippen molar-refractivity contribution >= 4 is 22.6 Å². The van der Waals surface area contributed by atoms with Crippen molar-refractivity contribution in [1.29, 1.82) is 0 Å². The first kappa shape index (κ1) is 14.8. The van der Waals surface area contributed by atoms with Crippen LogP contribution in [0.4, 0.5) is 5.69 Å². The summed E-state index contributed by atoms with van der Waals surface area (Å²) in [6, 6.07) is 21.8. The van der Waals surface area contributed by atoms with Gasteiger partial charge in [-0.15, -0.1) is 14.1 Å². The second-order valence-electron chi connectivity index (χ2n) is 6.70. The van der Waals surface area contributed by atoms with Gasteiger partial charge >= 0.3 is 0 Å². The number of anilines is 1. The minimum atomic E-state index is -0.106. The summed E-state index contributed by atoms with van der Waals surface area (Å²) in [5, 5.41) is 3.06. The van der Waals surface area contributed by atoms with Crippen LogP contribution in [0, 0.1) is 13.8 Å². The Morgan fingerprint density at radius 2 is 1.50 bits per heavy atom. The lowest BCUT2D eigenvalue weighted by Crippen LogP contribution is -2.13. The first-order valence-corrected chi connectivity index (χ1v) is 8.61. The van der Waals surface area contributed by atoms with E-state index < -0.39 is 0 Å². The van der Waals surface area contributed by atoms with E-state index >= 15 is 0 Å². The average Bonchev–Trinajstić information content (AvgIpc) is 3.30. The van der Waals surface area contributed by atoms with Crippen LogP contribution in [-0.2, 0) is 0 Å². The molecule has 3 aromatic carbocycles. The number of hydrogen-bond donors (Lipinski definition) is 1. The summed E-state index contributed by atoms with van der Waals surface area (Å²) in [5.41, 5.74) is 7.10. The summed E-state index contributed by atoms with van der Waals surface area (Å²) in [6.07, 6.45) is 0. The number of carbonyl (C=O) groups is 1. The van der Waals surface area contributed by atoms with E-state index in [1.165, 1.54) is 16.6 Å². The summed E-state index contributed by atoms with van der Waals surface area (Å²) in [7, 11) is 0. The summed E-state index contributed by atoms with van der Waals surface area (Å²) in [4.78, 5) is 14.7. The van der Waals surface area contributed by atoms with Gasteiger partial charge in [0.15, 0.2) is 0 Å². The molecule has 2 aromatic heterocycles. The van der Waals surface area contributed by atoms with E-state index in [2.05, 4.69) is 50.6 Å². The molecule has 128 valence electrons. The highest BCUT2D eigenvalue weighted by Gasteiger charge is 2.25. The number of fused-ring (bicyclic) bond motifs is 4. The molecular formula is C21H18N4O. The quantitative estimate of drug-likeness (QED) is 0.522. The predicted molar refractivity (Wildman–Crippen MR) is 103 cm³/mol. The van der Waals surface area contributed by atoms with Gasteiger partial charge in [-0.3, -0.25) is 4.79 Å². The lowest BCUT2D eigenvalue weighted by atomic mass is 10.1. The predicted octanol–water partition coefficient (Wildman–Crippen LogP) is 4.29. The fourth-order valence-corrected chi connectivity index (χ4v) is 3.37. The van der Waals surface area contributed by atoms with Gasteiger partial charge < -0.3 is 5.32 Å². The second kappa shape index (κ2) is 5.26. The first-order valence-electron chi connectivity index (χ1n) is 8.61. The van der Waals surface area contributed by atoms with Crippen LogP contribution < -0.4 is 5.32 Å². The van der Waals surface area contributed by atoms with Crippen LogP contribution in [-0.4, -0.2) is 20.0 Å². The Morgan fingerprint density at radius 1 is 0.808 bits per heavy atom. The van der Waals surface area contributed by atoms with Crippen molar-refractivity contribution in [2.24, 2.45) is 0 Å². The number of amides is 1. The van der Waals surface area contributed by atoms with Gasteiger partial charge in [0.25, 0.3) is 5.91 Å². The number of rotatable bonds is 3. The number of aromatic nitrogens is 3. The fraction of sp³-hybridized carbons (Fsp3) is 0.0952. The second-order valence-corrected chi connectivity index (χ2v) is 6.70. The van der Waals surface area contributed by atoms with Gasteiger partial charge in [0.2, 0.25) is 0 Å². The molecule has 0 radical (unpaired) electrons. The van der Waals surface area contributed by atoms with Gasteiger partial charge in [-0.25, -0.2) is 0 Å². The normalized spacial score (nSPS) is 11.6. The maximum atomic E-state index is 12.6. The monoisotopic (exact) mass is 342 g/mol. The zero-order valence-electron chi connectivity index (χ0n) is 14.6. The minimum absolute atomic E-state index is 0.106. The van der Waals surface area contributed by atoms with Crippen molar-refractivity contribution in [3.63, 3.8) is 0 Å². The Morgan fingerprint density at radius 3 is 2.31 bits per heavy atom. The number of nitrogens with one attached hydrogen (secondary N) is 1. The molecule has 0 spiro atoms. The van der Waals surface area contributed by atoms with E-state index in [0.717, 1.165) is 16.9 Å². The van der Waals surface area contributed by atoms with Crippen LogP contribution in [0.1, 0.15) is 21.5 Å². The molecule has 1 N–H and O–H groups in total. The molecular weight excluding hydrogens is 324 g/mol. The highest BCUT2D eigenvalue weighted by atomic mass is 16.1. The maximum Gasteiger partial charge on any atom is 0.255 e. The molecule has 0 aliphatic heterocycles. The number of carbonyl (C=O) groups excluding carboxylic acids is 1.